The standard InChI is InChI=1S/C19H19FN4O/c20-15-4-5-17-16(12-15)14(13-22-17)11-19(25)24-9-7-23(8-10-24)18-3-1-2-6-21-18/h1-6,12-13,22H,7-11H2. The third kappa shape index (κ3) is 3.20. The molecule has 1 aliphatic rings. The van der Waals surface area contributed by atoms with Crippen molar-refractivity contribution < 1.29 is 9.18 Å². The summed E-state index contributed by atoms with van der Waals surface area (Å²) in [4.78, 5) is 24.1. The molecular formula is C19H19FN4O. The number of piperazine rings is 1. The summed E-state index contributed by atoms with van der Waals surface area (Å²) in [6.45, 7) is 2.88. The Kier molecular flexibility index (Phi) is 4.09. The van der Waals surface area contributed by atoms with Crippen LogP contribution in [0, 0.1) is 5.82 Å². The van der Waals surface area contributed by atoms with Gasteiger partial charge in [-0.1, -0.05) is 6.07 Å². The number of rotatable bonds is 3. The molecule has 4 rings (SSSR count). The molecule has 0 radical (unpaired) electrons. The molecule has 2 aromatic heterocycles. The maximum absolute atomic E-state index is 13.5. The number of benzene rings is 1. The van der Waals surface area contributed by atoms with Crippen molar-refractivity contribution in [2.24, 2.45) is 0 Å². The van der Waals surface area contributed by atoms with Gasteiger partial charge >= 0.3 is 0 Å². The first-order valence-electron chi connectivity index (χ1n) is 8.40. The summed E-state index contributed by atoms with van der Waals surface area (Å²) in [6, 6.07) is 10.4. The van der Waals surface area contributed by atoms with E-state index in [2.05, 4.69) is 14.9 Å². The van der Waals surface area contributed by atoms with E-state index in [9.17, 15) is 9.18 Å². The van der Waals surface area contributed by atoms with Crippen LogP contribution in [0.3, 0.4) is 0 Å². The van der Waals surface area contributed by atoms with Crippen molar-refractivity contribution in [3.63, 3.8) is 0 Å². The molecule has 0 bridgehead atoms. The molecule has 128 valence electrons. The number of fused-ring (bicyclic) bond motifs is 1. The number of carbonyl (C=O) groups is 1. The van der Waals surface area contributed by atoms with Crippen LogP contribution in [0.4, 0.5) is 10.2 Å². The summed E-state index contributed by atoms with van der Waals surface area (Å²) in [5.74, 6) is 0.734. The van der Waals surface area contributed by atoms with E-state index in [1.54, 1.807) is 18.5 Å². The molecule has 1 fully saturated rings. The van der Waals surface area contributed by atoms with E-state index in [-0.39, 0.29) is 18.1 Å². The quantitative estimate of drug-likeness (QED) is 0.799. The van der Waals surface area contributed by atoms with E-state index in [0.717, 1.165) is 35.4 Å². The highest BCUT2D eigenvalue weighted by Crippen LogP contribution is 2.21. The second-order valence-electron chi connectivity index (χ2n) is 6.24. The summed E-state index contributed by atoms with van der Waals surface area (Å²) in [5.41, 5.74) is 1.69. The van der Waals surface area contributed by atoms with Gasteiger partial charge in [0.15, 0.2) is 0 Å². The van der Waals surface area contributed by atoms with Crippen LogP contribution in [0.2, 0.25) is 0 Å². The van der Waals surface area contributed by atoms with Gasteiger partial charge in [-0.3, -0.25) is 4.79 Å². The maximum atomic E-state index is 13.5. The second-order valence-corrected chi connectivity index (χ2v) is 6.24. The Bertz CT molecular complexity index is 885. The minimum Gasteiger partial charge on any atom is -0.361 e. The molecule has 6 heteroatoms. The zero-order valence-electron chi connectivity index (χ0n) is 13.8. The van der Waals surface area contributed by atoms with Gasteiger partial charge in [0.2, 0.25) is 5.91 Å². The van der Waals surface area contributed by atoms with Gasteiger partial charge in [-0.05, 0) is 35.9 Å². The number of halogens is 1. The molecule has 3 aromatic rings. The Morgan fingerprint density at radius 1 is 1.16 bits per heavy atom. The van der Waals surface area contributed by atoms with E-state index < -0.39 is 0 Å². The fraction of sp³-hybridized carbons (Fsp3) is 0.263. The number of nitrogens with one attached hydrogen (secondary N) is 1. The highest BCUT2D eigenvalue weighted by Gasteiger charge is 2.22. The zero-order valence-corrected chi connectivity index (χ0v) is 13.8. The third-order valence-corrected chi connectivity index (χ3v) is 4.68. The second kappa shape index (κ2) is 6.55. The number of nitrogens with zero attached hydrogens (tertiary/aromatic N) is 3. The fourth-order valence-electron chi connectivity index (χ4n) is 3.30. The van der Waals surface area contributed by atoms with Crippen molar-refractivity contribution in [2.75, 3.05) is 31.1 Å². The summed E-state index contributed by atoms with van der Waals surface area (Å²) in [7, 11) is 0. The molecule has 1 N–H and O–H groups in total. The molecule has 0 saturated carbocycles. The Balaban J connectivity index is 1.41. The lowest BCUT2D eigenvalue weighted by Gasteiger charge is -2.35. The third-order valence-electron chi connectivity index (χ3n) is 4.68. The summed E-state index contributed by atoms with van der Waals surface area (Å²) in [5, 5.41) is 0.778. The largest absolute Gasteiger partial charge is 0.361 e. The van der Waals surface area contributed by atoms with Gasteiger partial charge in [0, 0.05) is 49.5 Å². The topological polar surface area (TPSA) is 52.2 Å². The number of carbonyl (C=O) groups excluding carboxylic acids is 1. The first-order valence-corrected chi connectivity index (χ1v) is 8.40. The summed E-state index contributed by atoms with van der Waals surface area (Å²) in [6.07, 6.45) is 3.86. The van der Waals surface area contributed by atoms with Crippen LogP contribution in [0.25, 0.3) is 10.9 Å². The Labute approximate surface area is 145 Å². The molecule has 1 saturated heterocycles. The van der Waals surface area contributed by atoms with Gasteiger partial charge in [-0.2, -0.15) is 0 Å². The Morgan fingerprint density at radius 3 is 2.76 bits per heavy atom. The Morgan fingerprint density at radius 2 is 2.00 bits per heavy atom. The molecule has 1 amide bonds. The van der Waals surface area contributed by atoms with Crippen LogP contribution in [-0.2, 0) is 11.2 Å². The van der Waals surface area contributed by atoms with E-state index in [1.165, 1.54) is 12.1 Å². The maximum Gasteiger partial charge on any atom is 0.227 e. The van der Waals surface area contributed by atoms with Crippen molar-refractivity contribution in [2.45, 2.75) is 6.42 Å². The first-order chi connectivity index (χ1) is 12.2. The predicted octanol–water partition coefficient (Wildman–Crippen LogP) is 2.59. The average molecular weight is 338 g/mol. The van der Waals surface area contributed by atoms with Crippen LogP contribution < -0.4 is 4.90 Å². The predicted molar refractivity (Wildman–Crippen MR) is 95.0 cm³/mol. The van der Waals surface area contributed by atoms with Crippen molar-refractivity contribution in [1.82, 2.24) is 14.9 Å². The van der Waals surface area contributed by atoms with Crippen LogP contribution in [0.15, 0.2) is 48.8 Å². The molecule has 0 aliphatic carbocycles. The number of hydrogen-bond donors (Lipinski definition) is 1. The zero-order chi connectivity index (χ0) is 17.2. The highest BCUT2D eigenvalue weighted by atomic mass is 19.1. The van der Waals surface area contributed by atoms with E-state index in [1.807, 2.05) is 23.1 Å². The monoisotopic (exact) mass is 338 g/mol. The summed E-state index contributed by atoms with van der Waals surface area (Å²) >= 11 is 0. The summed E-state index contributed by atoms with van der Waals surface area (Å²) < 4.78 is 13.5. The number of aromatic amines is 1. The molecule has 0 spiro atoms. The molecule has 5 nitrogen and oxygen atoms in total. The number of anilines is 1. The SMILES string of the molecule is O=C(Cc1c[nH]c2ccc(F)cc12)N1CCN(c2ccccn2)CC1. The van der Waals surface area contributed by atoms with Gasteiger partial charge in [0.25, 0.3) is 0 Å². The van der Waals surface area contributed by atoms with Gasteiger partial charge < -0.3 is 14.8 Å². The number of H-pyrrole nitrogens is 1. The van der Waals surface area contributed by atoms with Gasteiger partial charge in [-0.15, -0.1) is 0 Å². The molecule has 1 aliphatic heterocycles. The van der Waals surface area contributed by atoms with Crippen molar-refractivity contribution >= 4 is 22.6 Å². The van der Waals surface area contributed by atoms with Crippen molar-refractivity contribution in [1.29, 1.82) is 0 Å². The molecule has 1 aromatic carbocycles. The van der Waals surface area contributed by atoms with Gasteiger partial charge in [-0.25, -0.2) is 9.37 Å². The van der Waals surface area contributed by atoms with Crippen LogP contribution in [-0.4, -0.2) is 47.0 Å². The van der Waals surface area contributed by atoms with Crippen LogP contribution in [0.5, 0.6) is 0 Å². The lowest BCUT2D eigenvalue weighted by molar-refractivity contribution is -0.130. The van der Waals surface area contributed by atoms with E-state index >= 15 is 0 Å². The van der Waals surface area contributed by atoms with E-state index in [0.29, 0.717) is 13.1 Å². The minimum atomic E-state index is -0.287. The number of amides is 1. The smallest absolute Gasteiger partial charge is 0.227 e. The van der Waals surface area contributed by atoms with Crippen LogP contribution in [0.1, 0.15) is 5.56 Å². The van der Waals surface area contributed by atoms with Crippen LogP contribution >= 0.6 is 0 Å². The van der Waals surface area contributed by atoms with Crippen molar-refractivity contribution in [3.05, 3.63) is 60.2 Å². The van der Waals surface area contributed by atoms with Gasteiger partial charge in [0.1, 0.15) is 11.6 Å². The van der Waals surface area contributed by atoms with Gasteiger partial charge in [0.05, 0.1) is 6.42 Å². The Hall–Kier alpha value is -2.89. The first kappa shape index (κ1) is 15.6. The highest BCUT2D eigenvalue weighted by molar-refractivity contribution is 5.89. The normalized spacial score (nSPS) is 14.9. The molecular weight excluding hydrogens is 319 g/mol. The number of aromatic nitrogens is 2. The molecule has 0 atom stereocenters. The molecule has 25 heavy (non-hydrogen) atoms. The molecule has 3 heterocycles. The minimum absolute atomic E-state index is 0.0748. The fourth-order valence-corrected chi connectivity index (χ4v) is 3.30. The lowest BCUT2D eigenvalue weighted by Crippen LogP contribution is -2.49. The molecule has 0 unspecified atom stereocenters. The van der Waals surface area contributed by atoms with Crippen molar-refractivity contribution in [3.8, 4) is 0 Å². The number of pyridine rings is 1. The lowest BCUT2D eigenvalue weighted by atomic mass is 10.1. The van der Waals surface area contributed by atoms with E-state index in [4.69, 9.17) is 0 Å². The number of hydrogen-bond acceptors (Lipinski definition) is 3. The average Bonchev–Trinajstić information content (AvgIpc) is 3.04.